The molecule has 14 heavy (non-hydrogen) atoms. The molecule has 0 aliphatic carbocycles. The Kier molecular flexibility index (Phi) is 4.88. The van der Waals surface area contributed by atoms with E-state index >= 15 is 0 Å². The quantitative estimate of drug-likeness (QED) is 0.597. The first-order chi connectivity index (χ1) is 6.86. The third-order valence-electron chi connectivity index (χ3n) is 1.88. The lowest BCUT2D eigenvalue weighted by molar-refractivity contribution is 0.839. The molecule has 0 spiro atoms. The molecule has 1 rings (SSSR count). The molecule has 1 N–H and O–H groups in total. The SMILES string of the molecule is N#Cc1cccc(NCCCCCl)c1. The van der Waals surface area contributed by atoms with Gasteiger partial charge in [0.2, 0.25) is 0 Å². The Morgan fingerprint density at radius 1 is 1.36 bits per heavy atom. The molecule has 0 atom stereocenters. The standard InChI is InChI=1S/C11H13ClN2/c12-6-1-2-7-14-11-5-3-4-10(8-11)9-13/h3-5,8,14H,1-2,6-7H2. The number of nitriles is 1. The second-order valence-corrected chi connectivity index (χ2v) is 3.39. The van der Waals surface area contributed by atoms with Crippen molar-refractivity contribution >= 4 is 17.3 Å². The lowest BCUT2D eigenvalue weighted by Crippen LogP contribution is -2.01. The van der Waals surface area contributed by atoms with Crippen molar-refractivity contribution in [1.82, 2.24) is 0 Å². The summed E-state index contributed by atoms with van der Waals surface area (Å²) in [4.78, 5) is 0. The predicted octanol–water partition coefficient (Wildman–Crippen LogP) is 2.99. The molecule has 0 amide bonds. The van der Waals surface area contributed by atoms with Crippen molar-refractivity contribution in [2.75, 3.05) is 17.7 Å². The van der Waals surface area contributed by atoms with Gasteiger partial charge in [-0.2, -0.15) is 5.26 Å². The van der Waals surface area contributed by atoms with Crippen LogP contribution in [0.15, 0.2) is 24.3 Å². The largest absolute Gasteiger partial charge is 0.385 e. The van der Waals surface area contributed by atoms with E-state index in [1.807, 2.05) is 18.2 Å². The lowest BCUT2D eigenvalue weighted by Gasteiger charge is -2.05. The van der Waals surface area contributed by atoms with Crippen LogP contribution in [0.1, 0.15) is 18.4 Å². The van der Waals surface area contributed by atoms with Gasteiger partial charge in [-0.15, -0.1) is 11.6 Å². The molecule has 2 nitrogen and oxygen atoms in total. The van der Waals surface area contributed by atoms with Crippen molar-refractivity contribution in [3.63, 3.8) is 0 Å². The van der Waals surface area contributed by atoms with E-state index in [-0.39, 0.29) is 0 Å². The van der Waals surface area contributed by atoms with E-state index in [4.69, 9.17) is 16.9 Å². The van der Waals surface area contributed by atoms with Crippen LogP contribution < -0.4 is 5.32 Å². The van der Waals surface area contributed by atoms with Gasteiger partial charge in [0.1, 0.15) is 0 Å². The normalized spacial score (nSPS) is 9.43. The van der Waals surface area contributed by atoms with Crippen LogP contribution in [-0.2, 0) is 0 Å². The first-order valence-corrected chi connectivity index (χ1v) is 5.20. The van der Waals surface area contributed by atoms with Crippen LogP contribution in [0.5, 0.6) is 0 Å². The van der Waals surface area contributed by atoms with Crippen LogP contribution in [-0.4, -0.2) is 12.4 Å². The topological polar surface area (TPSA) is 35.8 Å². The van der Waals surface area contributed by atoms with Crippen molar-refractivity contribution in [3.05, 3.63) is 29.8 Å². The van der Waals surface area contributed by atoms with Gasteiger partial charge in [0.05, 0.1) is 11.6 Å². The molecule has 0 unspecified atom stereocenters. The smallest absolute Gasteiger partial charge is 0.0992 e. The fourth-order valence-corrected chi connectivity index (χ4v) is 1.34. The molecule has 74 valence electrons. The van der Waals surface area contributed by atoms with Crippen LogP contribution in [0.4, 0.5) is 5.69 Å². The van der Waals surface area contributed by atoms with Crippen molar-refractivity contribution in [1.29, 1.82) is 5.26 Å². The number of hydrogen-bond acceptors (Lipinski definition) is 2. The number of hydrogen-bond donors (Lipinski definition) is 1. The lowest BCUT2D eigenvalue weighted by atomic mass is 10.2. The van der Waals surface area contributed by atoms with Crippen LogP contribution in [0.2, 0.25) is 0 Å². The Labute approximate surface area is 89.5 Å². The molecule has 0 aliphatic heterocycles. The maximum atomic E-state index is 8.68. The number of nitrogens with one attached hydrogen (secondary N) is 1. The second-order valence-electron chi connectivity index (χ2n) is 3.02. The van der Waals surface area contributed by atoms with Crippen molar-refractivity contribution < 1.29 is 0 Å². The summed E-state index contributed by atoms with van der Waals surface area (Å²) in [6.45, 7) is 0.904. The zero-order valence-electron chi connectivity index (χ0n) is 7.96. The molecule has 0 bridgehead atoms. The van der Waals surface area contributed by atoms with E-state index in [9.17, 15) is 0 Å². The molecule has 0 saturated heterocycles. The number of benzene rings is 1. The Hall–Kier alpha value is -1.20. The van der Waals surface area contributed by atoms with Crippen LogP contribution in [0.25, 0.3) is 0 Å². The molecule has 1 aromatic rings. The summed E-state index contributed by atoms with van der Waals surface area (Å²) in [5.74, 6) is 0.708. The van der Waals surface area contributed by atoms with E-state index < -0.39 is 0 Å². The number of unbranched alkanes of at least 4 members (excludes halogenated alkanes) is 1. The fourth-order valence-electron chi connectivity index (χ4n) is 1.15. The van der Waals surface area contributed by atoms with Crippen molar-refractivity contribution in [2.45, 2.75) is 12.8 Å². The number of nitrogens with zero attached hydrogens (tertiary/aromatic N) is 1. The van der Waals surface area contributed by atoms with Gasteiger partial charge in [0, 0.05) is 18.1 Å². The maximum Gasteiger partial charge on any atom is 0.0992 e. The minimum Gasteiger partial charge on any atom is -0.385 e. The number of halogens is 1. The molecule has 3 heteroatoms. The summed E-state index contributed by atoms with van der Waals surface area (Å²) in [6, 6.07) is 9.59. The predicted molar refractivity (Wildman–Crippen MR) is 59.6 cm³/mol. The van der Waals surface area contributed by atoms with Crippen LogP contribution >= 0.6 is 11.6 Å². The highest BCUT2D eigenvalue weighted by Gasteiger charge is 1.93. The number of alkyl halides is 1. The molecule has 0 aromatic heterocycles. The van der Waals surface area contributed by atoms with Crippen molar-refractivity contribution in [3.8, 4) is 6.07 Å². The van der Waals surface area contributed by atoms with Gasteiger partial charge < -0.3 is 5.32 Å². The average molecular weight is 209 g/mol. The van der Waals surface area contributed by atoms with Gasteiger partial charge >= 0.3 is 0 Å². The maximum absolute atomic E-state index is 8.68. The van der Waals surface area contributed by atoms with Gasteiger partial charge in [0.25, 0.3) is 0 Å². The summed E-state index contributed by atoms with van der Waals surface area (Å²) in [7, 11) is 0. The molecule has 0 saturated carbocycles. The highest BCUT2D eigenvalue weighted by Crippen LogP contribution is 2.09. The molecular formula is C11H13ClN2. The summed E-state index contributed by atoms with van der Waals surface area (Å²) >= 11 is 5.56. The minimum atomic E-state index is 0.687. The third-order valence-corrected chi connectivity index (χ3v) is 2.15. The van der Waals surface area contributed by atoms with E-state index in [1.165, 1.54) is 0 Å². The summed E-state index contributed by atoms with van der Waals surface area (Å²) in [5.41, 5.74) is 1.69. The first-order valence-electron chi connectivity index (χ1n) is 4.67. The molecule has 0 heterocycles. The van der Waals surface area contributed by atoms with Gasteiger partial charge in [0.15, 0.2) is 0 Å². The first kappa shape index (κ1) is 10.9. The molecule has 0 radical (unpaired) electrons. The van der Waals surface area contributed by atoms with E-state index in [0.717, 1.165) is 25.1 Å². The molecule has 1 aromatic carbocycles. The Morgan fingerprint density at radius 2 is 2.21 bits per heavy atom. The van der Waals surface area contributed by atoms with E-state index in [0.29, 0.717) is 11.4 Å². The summed E-state index contributed by atoms with van der Waals surface area (Å²) in [5, 5.41) is 11.9. The van der Waals surface area contributed by atoms with Crippen LogP contribution in [0.3, 0.4) is 0 Å². The fraction of sp³-hybridized carbons (Fsp3) is 0.364. The minimum absolute atomic E-state index is 0.687. The number of rotatable bonds is 5. The second kappa shape index (κ2) is 6.28. The Morgan fingerprint density at radius 3 is 2.93 bits per heavy atom. The molecule has 0 fully saturated rings. The zero-order valence-corrected chi connectivity index (χ0v) is 8.72. The molecular weight excluding hydrogens is 196 g/mol. The van der Waals surface area contributed by atoms with Crippen LogP contribution in [0, 0.1) is 11.3 Å². The Balaban J connectivity index is 2.39. The average Bonchev–Trinajstić information content (AvgIpc) is 2.25. The highest BCUT2D eigenvalue weighted by atomic mass is 35.5. The third kappa shape index (κ3) is 3.68. The Bertz CT molecular complexity index is 317. The monoisotopic (exact) mass is 208 g/mol. The number of anilines is 1. The summed E-state index contributed by atoms with van der Waals surface area (Å²) in [6.07, 6.45) is 2.08. The van der Waals surface area contributed by atoms with Gasteiger partial charge in [-0.25, -0.2) is 0 Å². The van der Waals surface area contributed by atoms with E-state index in [1.54, 1.807) is 6.07 Å². The summed E-state index contributed by atoms with van der Waals surface area (Å²) < 4.78 is 0. The van der Waals surface area contributed by atoms with Gasteiger partial charge in [-0.3, -0.25) is 0 Å². The van der Waals surface area contributed by atoms with E-state index in [2.05, 4.69) is 11.4 Å². The highest BCUT2D eigenvalue weighted by molar-refractivity contribution is 6.17. The van der Waals surface area contributed by atoms with Gasteiger partial charge in [-0.1, -0.05) is 6.07 Å². The van der Waals surface area contributed by atoms with Crippen molar-refractivity contribution in [2.24, 2.45) is 0 Å². The van der Waals surface area contributed by atoms with Gasteiger partial charge in [-0.05, 0) is 31.0 Å². The molecule has 0 aliphatic rings. The zero-order chi connectivity index (χ0) is 10.2.